The molecule has 11 heteroatoms. The molecule has 0 amide bonds. The molecule has 0 fully saturated rings. The summed E-state index contributed by atoms with van der Waals surface area (Å²) in [7, 11) is 1.27. The van der Waals surface area contributed by atoms with E-state index in [1.165, 1.54) is 48.6 Å². The molecule has 42 heavy (non-hydrogen) atoms. The summed E-state index contributed by atoms with van der Waals surface area (Å²) in [5.41, 5.74) is -0.775. The Morgan fingerprint density at radius 1 is 1.05 bits per heavy atom. The first-order chi connectivity index (χ1) is 20.0. The highest BCUT2D eigenvalue weighted by molar-refractivity contribution is 7.99. The van der Waals surface area contributed by atoms with E-state index < -0.39 is 53.0 Å². The summed E-state index contributed by atoms with van der Waals surface area (Å²) in [5.74, 6) is -1.83. The molecule has 0 saturated carbocycles. The average molecular weight is 601 g/mol. The standard InChI is InChI=1S/C31H25F5N2O3S/c1-16-7-4-8-18(13-16)28(37-40)24-15-42-30-20(14-21-22(31(34,35)36)10-6-11-23(21)32)17(2)26(29(39)38(24)30)19-9-5-12-25(41-3)27(19)33/h4-13,24,28H,14-15H2,1-3H3. The van der Waals surface area contributed by atoms with Crippen molar-refractivity contribution in [2.24, 2.45) is 5.18 Å². The fourth-order valence-corrected chi connectivity index (χ4v) is 6.95. The molecule has 1 aliphatic heterocycles. The molecule has 3 aromatic carbocycles. The summed E-state index contributed by atoms with van der Waals surface area (Å²) in [6.45, 7) is 3.34. The Morgan fingerprint density at radius 3 is 2.43 bits per heavy atom. The molecule has 2 unspecified atom stereocenters. The van der Waals surface area contributed by atoms with Gasteiger partial charge in [-0.15, -0.1) is 11.8 Å². The van der Waals surface area contributed by atoms with E-state index in [0.717, 1.165) is 23.8 Å². The van der Waals surface area contributed by atoms with Gasteiger partial charge in [0.25, 0.3) is 5.56 Å². The lowest BCUT2D eigenvalue weighted by Gasteiger charge is -2.24. The number of thioether (sulfide) groups is 1. The number of alkyl halides is 3. The predicted molar refractivity (Wildman–Crippen MR) is 151 cm³/mol. The van der Waals surface area contributed by atoms with Gasteiger partial charge in [-0.3, -0.25) is 9.36 Å². The van der Waals surface area contributed by atoms with Gasteiger partial charge >= 0.3 is 6.18 Å². The van der Waals surface area contributed by atoms with Crippen molar-refractivity contribution in [2.75, 3.05) is 12.9 Å². The van der Waals surface area contributed by atoms with E-state index in [-0.39, 0.29) is 38.8 Å². The average Bonchev–Trinajstić information content (AvgIpc) is 3.37. The largest absolute Gasteiger partial charge is 0.494 e. The van der Waals surface area contributed by atoms with Gasteiger partial charge in [0.2, 0.25) is 0 Å². The molecule has 2 heterocycles. The van der Waals surface area contributed by atoms with Gasteiger partial charge in [-0.25, -0.2) is 8.78 Å². The van der Waals surface area contributed by atoms with E-state index in [1.807, 2.05) is 13.0 Å². The third-order valence-electron chi connectivity index (χ3n) is 7.55. The second-order valence-electron chi connectivity index (χ2n) is 10.1. The number of rotatable bonds is 7. The molecule has 218 valence electrons. The Morgan fingerprint density at radius 2 is 1.76 bits per heavy atom. The van der Waals surface area contributed by atoms with Crippen LogP contribution in [0.15, 0.2) is 75.7 Å². The van der Waals surface area contributed by atoms with Crippen molar-refractivity contribution in [3.05, 3.63) is 121 Å². The Hall–Kier alpha value is -3.99. The van der Waals surface area contributed by atoms with Crippen LogP contribution in [0.3, 0.4) is 0 Å². The number of hydrogen-bond donors (Lipinski definition) is 0. The second kappa shape index (κ2) is 11.4. The van der Waals surface area contributed by atoms with Gasteiger partial charge in [0.15, 0.2) is 11.6 Å². The molecule has 0 aliphatic carbocycles. The van der Waals surface area contributed by atoms with Gasteiger partial charge in [-0.05, 0) is 48.7 Å². The third kappa shape index (κ3) is 5.10. The highest BCUT2D eigenvalue weighted by atomic mass is 32.2. The van der Waals surface area contributed by atoms with E-state index in [1.54, 1.807) is 18.2 Å². The predicted octanol–water partition coefficient (Wildman–Crippen LogP) is 8.18. The van der Waals surface area contributed by atoms with Crippen molar-refractivity contribution >= 4 is 11.8 Å². The number of halogens is 5. The van der Waals surface area contributed by atoms with Crippen LogP contribution in [0.1, 0.15) is 45.5 Å². The molecule has 5 rings (SSSR count). The molecule has 0 bridgehead atoms. The Balaban J connectivity index is 1.81. The third-order valence-corrected chi connectivity index (χ3v) is 8.78. The second-order valence-corrected chi connectivity index (χ2v) is 11.1. The summed E-state index contributed by atoms with van der Waals surface area (Å²) >= 11 is 1.17. The van der Waals surface area contributed by atoms with Gasteiger partial charge < -0.3 is 4.74 Å². The van der Waals surface area contributed by atoms with Crippen molar-refractivity contribution in [3.8, 4) is 16.9 Å². The van der Waals surface area contributed by atoms with Crippen molar-refractivity contribution in [2.45, 2.75) is 43.6 Å². The lowest BCUT2D eigenvalue weighted by Crippen LogP contribution is -2.30. The number of fused-ring (bicyclic) bond motifs is 1. The summed E-state index contributed by atoms with van der Waals surface area (Å²) < 4.78 is 78.9. The zero-order valence-electron chi connectivity index (χ0n) is 22.8. The minimum Gasteiger partial charge on any atom is -0.494 e. The molecule has 0 N–H and O–H groups in total. The summed E-state index contributed by atoms with van der Waals surface area (Å²) in [6.07, 6.45) is -5.36. The first-order valence-electron chi connectivity index (χ1n) is 12.9. The molecular formula is C31H25F5N2O3S. The van der Waals surface area contributed by atoms with Crippen molar-refractivity contribution in [1.82, 2.24) is 4.57 Å². The number of ether oxygens (including phenoxy) is 1. The lowest BCUT2D eigenvalue weighted by atomic mass is 9.91. The number of methoxy groups -OCH3 is 1. The van der Waals surface area contributed by atoms with Gasteiger partial charge in [0.1, 0.15) is 11.9 Å². The van der Waals surface area contributed by atoms with Crippen LogP contribution in [-0.2, 0) is 12.6 Å². The zero-order valence-corrected chi connectivity index (χ0v) is 23.6. The lowest BCUT2D eigenvalue weighted by molar-refractivity contribution is -0.138. The molecule has 0 spiro atoms. The highest BCUT2D eigenvalue weighted by Gasteiger charge is 2.39. The molecule has 0 saturated heterocycles. The number of nitrogens with zero attached hydrogens (tertiary/aromatic N) is 2. The van der Waals surface area contributed by atoms with Crippen LogP contribution in [0.2, 0.25) is 0 Å². The minimum atomic E-state index is -4.84. The molecule has 1 aromatic heterocycles. The molecule has 1 aliphatic rings. The number of aryl methyl sites for hydroxylation is 1. The van der Waals surface area contributed by atoms with Gasteiger partial charge in [0.05, 0.1) is 29.3 Å². The fourth-order valence-electron chi connectivity index (χ4n) is 5.53. The van der Waals surface area contributed by atoms with Gasteiger partial charge in [-0.2, -0.15) is 18.1 Å². The molecule has 2 atom stereocenters. The van der Waals surface area contributed by atoms with Crippen LogP contribution in [0.5, 0.6) is 5.75 Å². The summed E-state index contributed by atoms with van der Waals surface area (Å²) in [4.78, 5) is 26.4. The van der Waals surface area contributed by atoms with E-state index >= 15 is 8.78 Å². The van der Waals surface area contributed by atoms with Crippen LogP contribution < -0.4 is 10.3 Å². The highest BCUT2D eigenvalue weighted by Crippen LogP contribution is 2.46. The maximum Gasteiger partial charge on any atom is 0.416 e. The van der Waals surface area contributed by atoms with Gasteiger partial charge in [-0.1, -0.05) is 53.2 Å². The van der Waals surface area contributed by atoms with Crippen molar-refractivity contribution < 1.29 is 26.7 Å². The number of hydrogen-bond acceptors (Lipinski definition) is 5. The number of nitroso groups, excluding NO2 is 1. The van der Waals surface area contributed by atoms with E-state index in [4.69, 9.17) is 4.74 Å². The molecule has 0 radical (unpaired) electrons. The van der Waals surface area contributed by atoms with Crippen molar-refractivity contribution in [1.29, 1.82) is 0 Å². The summed E-state index contributed by atoms with van der Waals surface area (Å²) in [6, 6.07) is 12.2. The first-order valence-corrected chi connectivity index (χ1v) is 13.9. The number of benzene rings is 3. The normalized spacial score (nSPS) is 15.4. The SMILES string of the molecule is COc1cccc(-c2c(C)c(Cc3c(F)cccc3C(F)(F)F)c3n(c2=O)C(C(N=O)c2cccc(C)c2)CS3)c1F. The molecule has 4 aromatic rings. The molecule has 5 nitrogen and oxygen atoms in total. The Kier molecular flexibility index (Phi) is 7.98. The summed E-state index contributed by atoms with van der Waals surface area (Å²) in [5, 5.41) is 3.62. The van der Waals surface area contributed by atoms with Crippen LogP contribution in [0.25, 0.3) is 11.1 Å². The smallest absolute Gasteiger partial charge is 0.416 e. The van der Waals surface area contributed by atoms with Crippen LogP contribution in [-0.4, -0.2) is 17.4 Å². The van der Waals surface area contributed by atoms with E-state index in [0.29, 0.717) is 5.56 Å². The fraction of sp³-hybridized carbons (Fsp3) is 0.258. The maximum atomic E-state index is 15.6. The van der Waals surface area contributed by atoms with E-state index in [9.17, 15) is 22.9 Å². The Bertz CT molecular complexity index is 1750. The number of aromatic nitrogens is 1. The van der Waals surface area contributed by atoms with Gasteiger partial charge in [0, 0.05) is 23.3 Å². The molecular weight excluding hydrogens is 575 g/mol. The van der Waals surface area contributed by atoms with Crippen LogP contribution >= 0.6 is 11.8 Å². The number of pyridine rings is 1. The quantitative estimate of drug-likeness (QED) is 0.159. The first kappa shape index (κ1) is 29.5. The minimum absolute atomic E-state index is 0.114. The van der Waals surface area contributed by atoms with Crippen LogP contribution in [0.4, 0.5) is 22.0 Å². The van der Waals surface area contributed by atoms with Crippen molar-refractivity contribution in [3.63, 3.8) is 0 Å². The Labute approximate surface area is 242 Å². The monoisotopic (exact) mass is 600 g/mol. The maximum absolute atomic E-state index is 15.6. The zero-order chi connectivity index (χ0) is 30.3. The topological polar surface area (TPSA) is 60.7 Å². The van der Waals surface area contributed by atoms with Crippen LogP contribution in [0, 0.1) is 30.4 Å². The van der Waals surface area contributed by atoms with E-state index in [2.05, 4.69) is 5.18 Å².